The molecule has 0 radical (unpaired) electrons. The normalized spacial score (nSPS) is 18.5. The molecule has 0 saturated carbocycles. The Hall–Kier alpha value is -4.44. The zero-order chi connectivity index (χ0) is 32.4. The Balaban J connectivity index is 1.41. The fourth-order valence-electron chi connectivity index (χ4n) is 6.64. The quantitative estimate of drug-likeness (QED) is 0.273. The van der Waals surface area contributed by atoms with E-state index in [0.29, 0.717) is 30.3 Å². The predicted octanol–water partition coefficient (Wildman–Crippen LogP) is 3.00. The van der Waals surface area contributed by atoms with Gasteiger partial charge in [0.1, 0.15) is 11.8 Å². The number of benzene rings is 3. The van der Waals surface area contributed by atoms with Crippen molar-refractivity contribution in [2.45, 2.75) is 24.3 Å². The highest BCUT2D eigenvalue weighted by atomic mass is 32.2. The van der Waals surface area contributed by atoms with Crippen molar-refractivity contribution in [2.75, 3.05) is 59.5 Å². The molecule has 0 spiro atoms. The van der Waals surface area contributed by atoms with Gasteiger partial charge < -0.3 is 19.4 Å². The second kappa shape index (κ2) is 13.1. The lowest BCUT2D eigenvalue weighted by atomic mass is 10.0. The summed E-state index contributed by atoms with van der Waals surface area (Å²) < 4.78 is 35.2. The molecule has 3 heterocycles. The minimum absolute atomic E-state index is 0.0825. The molecule has 240 valence electrons. The molecule has 0 N–H and O–H groups in total. The van der Waals surface area contributed by atoms with Gasteiger partial charge in [0.05, 0.1) is 34.7 Å². The Morgan fingerprint density at radius 2 is 1.65 bits per heavy atom. The molecule has 1 unspecified atom stereocenters. The van der Waals surface area contributed by atoms with E-state index in [1.54, 1.807) is 29.2 Å². The van der Waals surface area contributed by atoms with Crippen LogP contribution in [0.25, 0.3) is 11.0 Å². The number of methoxy groups -OCH3 is 1. The molecule has 2 atom stereocenters. The summed E-state index contributed by atoms with van der Waals surface area (Å²) in [6.45, 7) is 9.32. The van der Waals surface area contributed by atoms with Crippen molar-refractivity contribution in [3.8, 4) is 11.8 Å². The fourth-order valence-corrected chi connectivity index (χ4v) is 8.04. The molecule has 2 aliphatic rings. The minimum atomic E-state index is -4.40. The first-order chi connectivity index (χ1) is 22.2. The molecule has 0 aliphatic carbocycles. The first-order valence-corrected chi connectivity index (χ1v) is 17.0. The second-order valence-corrected chi connectivity index (χ2v) is 13.7. The van der Waals surface area contributed by atoms with Crippen LogP contribution in [0.3, 0.4) is 0 Å². The molecule has 0 bridgehead atoms. The summed E-state index contributed by atoms with van der Waals surface area (Å²) in [4.78, 5) is 35.5. The van der Waals surface area contributed by atoms with Crippen LogP contribution >= 0.6 is 0 Å². The first-order valence-electron chi connectivity index (χ1n) is 15.6. The van der Waals surface area contributed by atoms with Crippen LogP contribution in [0.5, 0.6) is 5.75 Å². The zero-order valence-corrected chi connectivity index (χ0v) is 26.9. The van der Waals surface area contributed by atoms with E-state index in [2.05, 4.69) is 22.8 Å². The number of aromatic nitrogens is 2. The van der Waals surface area contributed by atoms with Crippen LogP contribution in [0.1, 0.15) is 30.5 Å². The molecule has 12 heteroatoms. The standard InChI is InChI=1S/C34H38N6O5S/c1-3-36-17-19-37(20-18-36)23-26-15-16-38(24-26)33(41)32(27-7-5-4-6-8-27)39-31-21-25(22-35)9-14-30(31)40(34(39)42)46(43,44)29-12-10-28(45-2)11-13-29/h4-14,21,26,32H,3,15-20,23-24H2,1-2H3/t26-,32?/m1/s1. The zero-order valence-electron chi connectivity index (χ0n) is 26.1. The summed E-state index contributed by atoms with van der Waals surface area (Å²) in [5.41, 5.74) is 0.181. The van der Waals surface area contributed by atoms with Gasteiger partial charge in [0.2, 0.25) is 5.91 Å². The number of nitriles is 1. The number of likely N-dealkylation sites (N-methyl/N-ethyl adjacent to an activating group) is 1. The summed E-state index contributed by atoms with van der Waals surface area (Å²) in [7, 11) is -2.92. The monoisotopic (exact) mass is 642 g/mol. The first kappa shape index (κ1) is 31.5. The topological polar surface area (TPSA) is 121 Å². The highest BCUT2D eigenvalue weighted by Crippen LogP contribution is 2.30. The van der Waals surface area contributed by atoms with Gasteiger partial charge in [0.25, 0.3) is 10.0 Å². The van der Waals surface area contributed by atoms with Gasteiger partial charge >= 0.3 is 5.69 Å². The number of nitrogens with zero attached hydrogens (tertiary/aromatic N) is 6. The number of fused-ring (bicyclic) bond motifs is 1. The van der Waals surface area contributed by atoms with Crippen LogP contribution in [-0.2, 0) is 14.8 Å². The number of imidazole rings is 1. The molecule has 2 saturated heterocycles. The van der Waals surface area contributed by atoms with Crippen LogP contribution in [0.4, 0.5) is 0 Å². The van der Waals surface area contributed by atoms with Gasteiger partial charge in [0, 0.05) is 45.8 Å². The summed E-state index contributed by atoms with van der Waals surface area (Å²) in [6.07, 6.45) is 0.850. The molecule has 4 aromatic rings. The van der Waals surface area contributed by atoms with E-state index < -0.39 is 21.8 Å². The van der Waals surface area contributed by atoms with Crippen LogP contribution < -0.4 is 10.4 Å². The molecule has 46 heavy (non-hydrogen) atoms. The average Bonchev–Trinajstić information content (AvgIpc) is 3.67. The maximum absolute atomic E-state index is 14.5. The Morgan fingerprint density at radius 1 is 0.957 bits per heavy atom. The van der Waals surface area contributed by atoms with E-state index in [4.69, 9.17) is 4.74 Å². The number of carbonyl (C=O) groups excluding carboxylic acids is 1. The van der Waals surface area contributed by atoms with Crippen molar-refractivity contribution in [3.05, 3.63) is 94.4 Å². The number of hydrogen-bond donors (Lipinski definition) is 0. The molecule has 11 nitrogen and oxygen atoms in total. The average molecular weight is 643 g/mol. The van der Waals surface area contributed by atoms with Crippen LogP contribution in [0.2, 0.25) is 0 Å². The maximum Gasteiger partial charge on any atom is 0.344 e. The van der Waals surface area contributed by atoms with Crippen LogP contribution in [-0.4, -0.2) is 97.0 Å². The number of ether oxygens (including phenoxy) is 1. The lowest BCUT2D eigenvalue weighted by Gasteiger charge is -2.35. The highest BCUT2D eigenvalue weighted by Gasteiger charge is 2.37. The van der Waals surface area contributed by atoms with E-state index in [1.807, 2.05) is 6.07 Å². The number of piperazine rings is 1. The van der Waals surface area contributed by atoms with Crippen molar-refractivity contribution < 1.29 is 17.9 Å². The smallest absolute Gasteiger partial charge is 0.344 e. The number of amides is 1. The molecule has 6 rings (SSSR count). The Labute approximate surface area is 268 Å². The Morgan fingerprint density at radius 3 is 2.30 bits per heavy atom. The second-order valence-electron chi connectivity index (χ2n) is 11.9. The Kier molecular flexibility index (Phi) is 8.99. The molecule has 3 aromatic carbocycles. The number of rotatable bonds is 9. The van der Waals surface area contributed by atoms with Crippen molar-refractivity contribution in [1.29, 1.82) is 5.26 Å². The van der Waals surface area contributed by atoms with Gasteiger partial charge in [-0.05, 0) is 66.9 Å². The highest BCUT2D eigenvalue weighted by molar-refractivity contribution is 7.90. The van der Waals surface area contributed by atoms with Crippen molar-refractivity contribution in [2.24, 2.45) is 5.92 Å². The van der Waals surface area contributed by atoms with Crippen LogP contribution in [0, 0.1) is 17.2 Å². The third-order valence-corrected chi connectivity index (χ3v) is 10.9. The predicted molar refractivity (Wildman–Crippen MR) is 174 cm³/mol. The number of likely N-dealkylation sites (tertiary alicyclic amines) is 1. The van der Waals surface area contributed by atoms with Gasteiger partial charge in [-0.15, -0.1) is 0 Å². The van der Waals surface area contributed by atoms with E-state index in [9.17, 15) is 23.3 Å². The van der Waals surface area contributed by atoms with Crippen LogP contribution in [0.15, 0.2) is 82.5 Å². The van der Waals surface area contributed by atoms with E-state index in [-0.39, 0.29) is 27.4 Å². The largest absolute Gasteiger partial charge is 0.497 e. The van der Waals surface area contributed by atoms with E-state index in [1.165, 1.54) is 54.1 Å². The molecule has 2 fully saturated rings. The summed E-state index contributed by atoms with van der Waals surface area (Å²) in [5.74, 6) is 0.483. The number of carbonyl (C=O) groups is 1. The minimum Gasteiger partial charge on any atom is -0.497 e. The molecule has 1 amide bonds. The van der Waals surface area contributed by atoms with E-state index >= 15 is 0 Å². The third-order valence-electron chi connectivity index (χ3n) is 9.19. The van der Waals surface area contributed by atoms with Gasteiger partial charge in [-0.3, -0.25) is 9.36 Å². The molecule has 1 aromatic heterocycles. The number of hydrogen-bond acceptors (Lipinski definition) is 8. The molecule has 2 aliphatic heterocycles. The summed E-state index contributed by atoms with van der Waals surface area (Å²) in [5, 5.41) is 9.73. The van der Waals surface area contributed by atoms with Gasteiger partial charge in [-0.25, -0.2) is 13.2 Å². The lowest BCUT2D eigenvalue weighted by Crippen LogP contribution is -2.48. The fraction of sp³-hybridized carbons (Fsp3) is 0.382. The van der Waals surface area contributed by atoms with Crippen molar-refractivity contribution in [3.63, 3.8) is 0 Å². The maximum atomic E-state index is 14.5. The van der Waals surface area contributed by atoms with Gasteiger partial charge in [0.15, 0.2) is 0 Å². The molecular weight excluding hydrogens is 604 g/mol. The lowest BCUT2D eigenvalue weighted by molar-refractivity contribution is -0.132. The van der Waals surface area contributed by atoms with Gasteiger partial charge in [-0.2, -0.15) is 9.23 Å². The third kappa shape index (κ3) is 5.93. The SMILES string of the molecule is CCN1CCN(C[C@H]2CCN(C(=O)C(c3ccccc3)n3c(=O)n(S(=O)(=O)c4ccc(OC)cc4)c4ccc(C#N)cc43)C2)CC1. The van der Waals surface area contributed by atoms with E-state index in [0.717, 1.165) is 49.7 Å². The molecular formula is C34H38N6O5S. The van der Waals surface area contributed by atoms with Gasteiger partial charge in [-0.1, -0.05) is 37.3 Å². The van der Waals surface area contributed by atoms with Crippen molar-refractivity contribution in [1.82, 2.24) is 23.2 Å². The Bertz CT molecular complexity index is 1920. The summed E-state index contributed by atoms with van der Waals surface area (Å²) >= 11 is 0. The summed E-state index contributed by atoms with van der Waals surface area (Å²) in [6, 6.07) is 20.0. The van der Waals surface area contributed by atoms with Crippen molar-refractivity contribution >= 4 is 27.0 Å².